The van der Waals surface area contributed by atoms with Gasteiger partial charge in [0.25, 0.3) is 0 Å². The first kappa shape index (κ1) is 14.5. The number of hydrogen-bond donors (Lipinski definition) is 2. The van der Waals surface area contributed by atoms with Gasteiger partial charge in [-0.3, -0.25) is 11.3 Å². The van der Waals surface area contributed by atoms with Crippen molar-refractivity contribution in [1.82, 2.24) is 5.43 Å². The maximum Gasteiger partial charge on any atom is 0.0889 e. The molecule has 1 aliphatic rings. The van der Waals surface area contributed by atoms with E-state index in [0.29, 0.717) is 0 Å². The third-order valence-corrected chi connectivity index (χ3v) is 4.21. The zero-order chi connectivity index (χ0) is 13.6. The average molecular weight is 262 g/mol. The molecule has 0 bridgehead atoms. The summed E-state index contributed by atoms with van der Waals surface area (Å²) >= 11 is 0. The molecule has 0 aromatic heterocycles. The molecule has 19 heavy (non-hydrogen) atoms. The van der Waals surface area contributed by atoms with Crippen LogP contribution < -0.4 is 11.3 Å². The number of benzene rings is 1. The van der Waals surface area contributed by atoms with Crippen molar-refractivity contribution in [2.45, 2.75) is 57.1 Å². The van der Waals surface area contributed by atoms with Crippen molar-refractivity contribution in [2.24, 2.45) is 5.84 Å². The maximum atomic E-state index is 6.22. The van der Waals surface area contributed by atoms with Crippen molar-refractivity contribution in [3.8, 4) is 0 Å². The lowest BCUT2D eigenvalue weighted by Crippen LogP contribution is -2.48. The lowest BCUT2D eigenvalue weighted by atomic mass is 9.82. The van der Waals surface area contributed by atoms with Gasteiger partial charge in [-0.25, -0.2) is 0 Å². The summed E-state index contributed by atoms with van der Waals surface area (Å²) in [5.74, 6) is 5.87. The van der Waals surface area contributed by atoms with Crippen LogP contribution in [0.1, 0.15) is 57.1 Å². The molecule has 3 heteroatoms. The van der Waals surface area contributed by atoms with Crippen molar-refractivity contribution in [3.05, 3.63) is 35.9 Å². The van der Waals surface area contributed by atoms with Crippen LogP contribution in [-0.4, -0.2) is 12.2 Å². The molecule has 1 fully saturated rings. The minimum absolute atomic E-state index is 0.0757. The molecule has 3 nitrogen and oxygen atoms in total. The van der Waals surface area contributed by atoms with Crippen LogP contribution in [0.3, 0.4) is 0 Å². The molecule has 0 radical (unpaired) electrons. The quantitative estimate of drug-likeness (QED) is 0.486. The number of hydrazine groups is 1. The molecule has 1 aliphatic carbocycles. The van der Waals surface area contributed by atoms with Crippen molar-refractivity contribution in [3.63, 3.8) is 0 Å². The van der Waals surface area contributed by atoms with Crippen molar-refractivity contribution >= 4 is 0 Å². The zero-order valence-corrected chi connectivity index (χ0v) is 11.9. The summed E-state index contributed by atoms with van der Waals surface area (Å²) in [7, 11) is 0. The summed E-state index contributed by atoms with van der Waals surface area (Å²) in [6.45, 7) is 2.82. The number of nitrogens with two attached hydrogens (primary N) is 1. The molecule has 1 saturated carbocycles. The SMILES string of the molecule is CCOC1(C(NN)c2ccccc2)CCCCCC1. The second kappa shape index (κ2) is 7.04. The molecule has 0 spiro atoms. The molecule has 3 N–H and O–H groups in total. The molecule has 1 unspecified atom stereocenters. The monoisotopic (exact) mass is 262 g/mol. The predicted molar refractivity (Wildman–Crippen MR) is 78.6 cm³/mol. The first-order valence-electron chi connectivity index (χ1n) is 7.47. The Morgan fingerprint density at radius 1 is 1.16 bits per heavy atom. The summed E-state index contributed by atoms with van der Waals surface area (Å²) < 4.78 is 6.22. The van der Waals surface area contributed by atoms with Crippen LogP contribution in [0, 0.1) is 0 Å². The van der Waals surface area contributed by atoms with Gasteiger partial charge in [0.1, 0.15) is 0 Å². The zero-order valence-electron chi connectivity index (χ0n) is 11.9. The summed E-state index contributed by atoms with van der Waals surface area (Å²) in [5, 5.41) is 0. The number of nitrogens with one attached hydrogen (secondary N) is 1. The van der Waals surface area contributed by atoms with Crippen LogP contribution in [0.25, 0.3) is 0 Å². The molecular weight excluding hydrogens is 236 g/mol. The Morgan fingerprint density at radius 2 is 1.79 bits per heavy atom. The standard InChI is InChI=1S/C16H26N2O/c1-2-19-16(12-8-3-4-9-13-16)15(18-17)14-10-6-5-7-11-14/h5-7,10-11,15,18H,2-4,8-9,12-13,17H2,1H3. The average Bonchev–Trinajstić information content (AvgIpc) is 2.68. The Balaban J connectivity index is 2.29. The Kier molecular flexibility index (Phi) is 5.37. The molecule has 0 amide bonds. The molecule has 106 valence electrons. The lowest BCUT2D eigenvalue weighted by Gasteiger charge is -2.40. The smallest absolute Gasteiger partial charge is 0.0889 e. The van der Waals surface area contributed by atoms with E-state index in [-0.39, 0.29) is 11.6 Å². The van der Waals surface area contributed by atoms with Gasteiger partial charge >= 0.3 is 0 Å². The van der Waals surface area contributed by atoms with E-state index in [1.54, 1.807) is 0 Å². The fraction of sp³-hybridized carbons (Fsp3) is 0.625. The highest BCUT2D eigenvalue weighted by molar-refractivity contribution is 5.22. The summed E-state index contributed by atoms with van der Waals surface area (Å²) in [4.78, 5) is 0. The van der Waals surface area contributed by atoms with Crippen molar-refractivity contribution in [1.29, 1.82) is 0 Å². The van der Waals surface area contributed by atoms with Gasteiger partial charge in [-0.1, -0.05) is 56.0 Å². The van der Waals surface area contributed by atoms with Gasteiger partial charge in [-0.15, -0.1) is 0 Å². The molecule has 2 rings (SSSR count). The number of ether oxygens (including phenoxy) is 1. The van der Waals surface area contributed by atoms with E-state index in [9.17, 15) is 0 Å². The van der Waals surface area contributed by atoms with Crippen molar-refractivity contribution in [2.75, 3.05) is 6.61 Å². The molecule has 0 aliphatic heterocycles. The Hall–Kier alpha value is -0.900. The normalized spacial score (nSPS) is 20.7. The van der Waals surface area contributed by atoms with Crippen LogP contribution >= 0.6 is 0 Å². The molecular formula is C16H26N2O. The third kappa shape index (κ3) is 3.35. The van der Waals surface area contributed by atoms with Crippen LogP contribution in [-0.2, 0) is 4.74 Å². The largest absolute Gasteiger partial charge is 0.373 e. The highest BCUT2D eigenvalue weighted by atomic mass is 16.5. The van der Waals surface area contributed by atoms with Gasteiger partial charge in [-0.2, -0.15) is 0 Å². The molecule has 0 saturated heterocycles. The first-order chi connectivity index (χ1) is 9.32. The predicted octanol–water partition coefficient (Wildman–Crippen LogP) is 3.32. The van der Waals surface area contributed by atoms with E-state index in [2.05, 4.69) is 36.6 Å². The van der Waals surface area contributed by atoms with E-state index >= 15 is 0 Å². The first-order valence-corrected chi connectivity index (χ1v) is 7.47. The Bertz CT molecular complexity index is 358. The second-order valence-corrected chi connectivity index (χ2v) is 5.42. The lowest BCUT2D eigenvalue weighted by molar-refractivity contribution is -0.0782. The van der Waals surface area contributed by atoms with Crippen LogP contribution in [0.15, 0.2) is 30.3 Å². The van der Waals surface area contributed by atoms with Crippen LogP contribution in [0.5, 0.6) is 0 Å². The van der Waals surface area contributed by atoms with Crippen LogP contribution in [0.2, 0.25) is 0 Å². The highest BCUT2D eigenvalue weighted by Crippen LogP contribution is 2.40. The topological polar surface area (TPSA) is 47.3 Å². The van der Waals surface area contributed by atoms with Gasteiger partial charge < -0.3 is 4.74 Å². The van der Waals surface area contributed by atoms with Crippen molar-refractivity contribution < 1.29 is 4.74 Å². The molecule has 1 aromatic rings. The Labute approximate surface area is 116 Å². The molecule has 1 aromatic carbocycles. The maximum absolute atomic E-state index is 6.22. The van der Waals surface area contributed by atoms with E-state index in [0.717, 1.165) is 19.4 Å². The van der Waals surface area contributed by atoms with Gasteiger partial charge in [0.2, 0.25) is 0 Å². The van der Waals surface area contributed by atoms with E-state index in [1.165, 1.54) is 31.2 Å². The van der Waals surface area contributed by atoms with Gasteiger partial charge in [-0.05, 0) is 25.3 Å². The fourth-order valence-electron chi connectivity index (χ4n) is 3.33. The second-order valence-electron chi connectivity index (χ2n) is 5.42. The summed E-state index contributed by atoms with van der Waals surface area (Å²) in [6.07, 6.45) is 7.24. The van der Waals surface area contributed by atoms with E-state index in [4.69, 9.17) is 10.6 Å². The van der Waals surface area contributed by atoms with E-state index < -0.39 is 0 Å². The Morgan fingerprint density at radius 3 is 2.32 bits per heavy atom. The third-order valence-electron chi connectivity index (χ3n) is 4.21. The number of rotatable bonds is 5. The molecule has 1 atom stereocenters. The van der Waals surface area contributed by atoms with E-state index in [1.807, 2.05) is 6.07 Å². The van der Waals surface area contributed by atoms with Gasteiger partial charge in [0.15, 0.2) is 0 Å². The minimum atomic E-state index is -0.151. The highest BCUT2D eigenvalue weighted by Gasteiger charge is 2.40. The summed E-state index contributed by atoms with van der Waals surface area (Å²) in [5.41, 5.74) is 4.09. The minimum Gasteiger partial charge on any atom is -0.373 e. The summed E-state index contributed by atoms with van der Waals surface area (Å²) in [6, 6.07) is 10.5. The number of hydrogen-bond acceptors (Lipinski definition) is 3. The fourth-order valence-corrected chi connectivity index (χ4v) is 3.33. The van der Waals surface area contributed by atoms with Gasteiger partial charge in [0, 0.05) is 6.61 Å². The van der Waals surface area contributed by atoms with Gasteiger partial charge in [0.05, 0.1) is 11.6 Å². The molecule has 0 heterocycles. The van der Waals surface area contributed by atoms with Crippen LogP contribution in [0.4, 0.5) is 0 Å².